The van der Waals surface area contributed by atoms with Gasteiger partial charge in [-0.3, -0.25) is 0 Å². The van der Waals surface area contributed by atoms with E-state index in [0.717, 1.165) is 22.1 Å². The van der Waals surface area contributed by atoms with Crippen molar-refractivity contribution in [1.82, 2.24) is 4.98 Å². The summed E-state index contributed by atoms with van der Waals surface area (Å²) < 4.78 is 5.20. The van der Waals surface area contributed by atoms with Crippen LogP contribution in [-0.4, -0.2) is 12.1 Å². The van der Waals surface area contributed by atoms with Gasteiger partial charge in [-0.15, -0.1) is 0 Å². The molecule has 2 rings (SSSR count). The molecule has 0 fully saturated rings. The van der Waals surface area contributed by atoms with Crippen molar-refractivity contribution in [2.24, 2.45) is 0 Å². The number of hydrogen-bond acceptors (Lipinski definition) is 3. The summed E-state index contributed by atoms with van der Waals surface area (Å²) >= 11 is 1.65. The average Bonchev–Trinajstić information content (AvgIpc) is 2.40. The van der Waals surface area contributed by atoms with Gasteiger partial charge in [-0.25, -0.2) is 4.98 Å². The van der Waals surface area contributed by atoms with Gasteiger partial charge in [0.1, 0.15) is 10.8 Å². The molecule has 3 heteroatoms. The zero-order valence-corrected chi connectivity index (χ0v) is 10.8. The summed E-state index contributed by atoms with van der Waals surface area (Å²) in [6.45, 7) is 2.13. The molecule has 0 aliphatic rings. The van der Waals surface area contributed by atoms with Crippen molar-refractivity contribution in [3.63, 3.8) is 0 Å². The van der Waals surface area contributed by atoms with Crippen LogP contribution in [0.25, 0.3) is 0 Å². The molecule has 0 aliphatic carbocycles. The molecule has 0 atom stereocenters. The second-order valence-electron chi connectivity index (χ2n) is 3.64. The Morgan fingerprint density at radius 3 is 2.76 bits per heavy atom. The summed E-state index contributed by atoms with van der Waals surface area (Å²) in [5, 5.41) is 1.01. The molecule has 1 heterocycles. The standard InChI is InChI=1S/C14H15NOS/c1-3-11-7-8-14(15-10-11)17-13-6-4-5-12(9-13)16-2/h4-10H,3H2,1-2H3. The van der Waals surface area contributed by atoms with Crippen LogP contribution >= 0.6 is 11.8 Å². The molecule has 88 valence electrons. The minimum atomic E-state index is 0.875. The Kier molecular flexibility index (Phi) is 4.04. The lowest BCUT2D eigenvalue weighted by molar-refractivity contribution is 0.413. The molecule has 0 amide bonds. The Balaban J connectivity index is 2.13. The van der Waals surface area contributed by atoms with E-state index < -0.39 is 0 Å². The maximum atomic E-state index is 5.20. The van der Waals surface area contributed by atoms with E-state index in [1.807, 2.05) is 24.4 Å². The van der Waals surface area contributed by atoms with E-state index in [1.54, 1.807) is 18.9 Å². The summed E-state index contributed by atoms with van der Waals surface area (Å²) in [7, 11) is 1.68. The highest BCUT2D eigenvalue weighted by Gasteiger charge is 2.00. The summed E-state index contributed by atoms with van der Waals surface area (Å²) in [4.78, 5) is 5.56. The lowest BCUT2D eigenvalue weighted by Crippen LogP contribution is -1.85. The lowest BCUT2D eigenvalue weighted by Gasteiger charge is -2.04. The van der Waals surface area contributed by atoms with Crippen LogP contribution < -0.4 is 4.74 Å². The van der Waals surface area contributed by atoms with Crippen LogP contribution in [0.1, 0.15) is 12.5 Å². The van der Waals surface area contributed by atoms with E-state index in [9.17, 15) is 0 Å². The first-order chi connectivity index (χ1) is 8.31. The molecule has 1 aromatic carbocycles. The van der Waals surface area contributed by atoms with Gasteiger partial charge in [0.05, 0.1) is 7.11 Å². The molecule has 0 unspecified atom stereocenters. The molecule has 0 radical (unpaired) electrons. The Labute approximate surface area is 106 Å². The van der Waals surface area contributed by atoms with E-state index in [1.165, 1.54) is 5.56 Å². The maximum Gasteiger partial charge on any atom is 0.119 e. The average molecular weight is 245 g/mol. The number of benzene rings is 1. The third-order valence-corrected chi connectivity index (χ3v) is 3.41. The van der Waals surface area contributed by atoms with Crippen LogP contribution in [0.2, 0.25) is 0 Å². The quantitative estimate of drug-likeness (QED) is 0.818. The van der Waals surface area contributed by atoms with Crippen molar-refractivity contribution in [3.05, 3.63) is 48.2 Å². The molecule has 0 aliphatic heterocycles. The largest absolute Gasteiger partial charge is 0.497 e. The second kappa shape index (κ2) is 5.73. The van der Waals surface area contributed by atoms with Crippen LogP contribution in [0, 0.1) is 0 Å². The van der Waals surface area contributed by atoms with Crippen LogP contribution in [0.15, 0.2) is 52.5 Å². The number of rotatable bonds is 4. The van der Waals surface area contributed by atoms with Gasteiger partial charge in [0.15, 0.2) is 0 Å². The van der Waals surface area contributed by atoms with Gasteiger partial charge < -0.3 is 4.74 Å². The zero-order chi connectivity index (χ0) is 12.1. The molecule has 0 saturated heterocycles. The molecule has 1 aromatic heterocycles. The molecule has 0 bridgehead atoms. The van der Waals surface area contributed by atoms with Crippen LogP contribution in [0.5, 0.6) is 5.75 Å². The van der Waals surface area contributed by atoms with Gasteiger partial charge in [-0.2, -0.15) is 0 Å². The molecule has 0 spiro atoms. The van der Waals surface area contributed by atoms with Crippen LogP contribution in [0.4, 0.5) is 0 Å². The molecule has 0 N–H and O–H groups in total. The molecule has 17 heavy (non-hydrogen) atoms. The number of methoxy groups -OCH3 is 1. The fourth-order valence-electron chi connectivity index (χ4n) is 1.47. The van der Waals surface area contributed by atoms with Gasteiger partial charge in [-0.05, 0) is 36.2 Å². The van der Waals surface area contributed by atoms with E-state index in [4.69, 9.17) is 4.74 Å². The smallest absolute Gasteiger partial charge is 0.119 e. The summed E-state index contributed by atoms with van der Waals surface area (Å²) in [5.41, 5.74) is 1.26. The first-order valence-electron chi connectivity index (χ1n) is 5.58. The highest BCUT2D eigenvalue weighted by atomic mass is 32.2. The van der Waals surface area contributed by atoms with Crippen molar-refractivity contribution in [2.45, 2.75) is 23.3 Å². The van der Waals surface area contributed by atoms with E-state index in [0.29, 0.717) is 0 Å². The fourth-order valence-corrected chi connectivity index (χ4v) is 2.27. The predicted molar refractivity (Wildman–Crippen MR) is 70.7 cm³/mol. The SMILES string of the molecule is CCc1ccc(Sc2cccc(OC)c2)nc1. The third-order valence-electron chi connectivity index (χ3n) is 2.47. The highest BCUT2D eigenvalue weighted by molar-refractivity contribution is 7.99. The number of ether oxygens (including phenoxy) is 1. The van der Waals surface area contributed by atoms with Crippen molar-refractivity contribution in [2.75, 3.05) is 7.11 Å². The molecule has 2 nitrogen and oxygen atoms in total. The fraction of sp³-hybridized carbons (Fsp3) is 0.214. The van der Waals surface area contributed by atoms with Gasteiger partial charge in [-0.1, -0.05) is 30.8 Å². The number of hydrogen-bond donors (Lipinski definition) is 0. The number of nitrogens with zero attached hydrogens (tertiary/aromatic N) is 1. The van der Waals surface area contributed by atoms with E-state index >= 15 is 0 Å². The molecular weight excluding hydrogens is 230 g/mol. The van der Waals surface area contributed by atoms with Gasteiger partial charge in [0, 0.05) is 11.1 Å². The Hall–Kier alpha value is -1.48. The highest BCUT2D eigenvalue weighted by Crippen LogP contribution is 2.28. The zero-order valence-electron chi connectivity index (χ0n) is 10.0. The van der Waals surface area contributed by atoms with Crippen molar-refractivity contribution < 1.29 is 4.74 Å². The van der Waals surface area contributed by atoms with Crippen molar-refractivity contribution >= 4 is 11.8 Å². The monoisotopic (exact) mass is 245 g/mol. The van der Waals surface area contributed by atoms with Crippen LogP contribution in [0.3, 0.4) is 0 Å². The molecular formula is C14H15NOS. The van der Waals surface area contributed by atoms with E-state index in [-0.39, 0.29) is 0 Å². The number of pyridine rings is 1. The minimum Gasteiger partial charge on any atom is -0.497 e. The van der Waals surface area contributed by atoms with Gasteiger partial charge in [0.2, 0.25) is 0 Å². The van der Waals surface area contributed by atoms with E-state index in [2.05, 4.69) is 30.1 Å². The summed E-state index contributed by atoms with van der Waals surface area (Å²) in [5.74, 6) is 0.875. The first-order valence-corrected chi connectivity index (χ1v) is 6.40. The van der Waals surface area contributed by atoms with Gasteiger partial charge in [0.25, 0.3) is 0 Å². The molecule has 2 aromatic rings. The number of aromatic nitrogens is 1. The second-order valence-corrected chi connectivity index (χ2v) is 4.73. The normalized spacial score (nSPS) is 10.2. The first kappa shape index (κ1) is 12.0. The topological polar surface area (TPSA) is 22.1 Å². The predicted octanol–water partition coefficient (Wildman–Crippen LogP) is 3.80. The van der Waals surface area contributed by atoms with Gasteiger partial charge >= 0.3 is 0 Å². The minimum absolute atomic E-state index is 0.875. The van der Waals surface area contributed by atoms with Crippen LogP contribution in [-0.2, 0) is 6.42 Å². The maximum absolute atomic E-state index is 5.20. The van der Waals surface area contributed by atoms with Crippen molar-refractivity contribution in [3.8, 4) is 5.75 Å². The number of aryl methyl sites for hydroxylation is 1. The summed E-state index contributed by atoms with van der Waals surface area (Å²) in [6, 6.07) is 12.2. The van der Waals surface area contributed by atoms with Crippen molar-refractivity contribution in [1.29, 1.82) is 0 Å². The lowest BCUT2D eigenvalue weighted by atomic mass is 10.2. The Bertz CT molecular complexity index is 482. The molecule has 0 saturated carbocycles. The third kappa shape index (κ3) is 3.24. The Morgan fingerprint density at radius 2 is 2.12 bits per heavy atom. The summed E-state index contributed by atoms with van der Waals surface area (Å²) in [6.07, 6.45) is 2.96. The Morgan fingerprint density at radius 1 is 1.24 bits per heavy atom.